The van der Waals surface area contributed by atoms with Crippen molar-refractivity contribution in [2.24, 2.45) is 22.4 Å². The van der Waals surface area contributed by atoms with E-state index in [1.54, 1.807) is 38.1 Å². The van der Waals surface area contributed by atoms with Crippen LogP contribution in [0.3, 0.4) is 0 Å². The van der Waals surface area contributed by atoms with Gasteiger partial charge in [0.15, 0.2) is 0 Å². The number of oxime groups is 1. The monoisotopic (exact) mass is 751 g/mol. The lowest BCUT2D eigenvalue weighted by Gasteiger charge is -2.22. The van der Waals surface area contributed by atoms with Gasteiger partial charge >= 0.3 is 5.97 Å². The molecule has 7 nitrogen and oxygen atoms in total. The zero-order valence-corrected chi connectivity index (χ0v) is 34.8. The minimum atomic E-state index is -3.33. The fraction of sp³-hybridized carbons (Fsp3) is 0.511. The Balaban J connectivity index is 0.000000698. The minimum Gasteiger partial charge on any atom is -0.462 e. The topological polar surface area (TPSA) is 94.1 Å². The summed E-state index contributed by atoms with van der Waals surface area (Å²) >= 11 is 0. The Morgan fingerprint density at radius 2 is 1.19 bits per heavy atom. The van der Waals surface area contributed by atoms with Crippen LogP contribution in [0, 0.1) is 24.2 Å². The van der Waals surface area contributed by atoms with E-state index in [4.69, 9.17) is 9.57 Å². The molecule has 0 aliphatic heterocycles. The van der Waals surface area contributed by atoms with Gasteiger partial charge in [-0.3, -0.25) is 4.79 Å². The van der Waals surface area contributed by atoms with E-state index in [-0.39, 0.29) is 37.6 Å². The summed E-state index contributed by atoms with van der Waals surface area (Å²) in [5.74, 6) is 0.778. The van der Waals surface area contributed by atoms with Crippen LogP contribution < -0.4 is 4.72 Å². The van der Waals surface area contributed by atoms with Crippen LogP contribution in [0.2, 0.25) is 0 Å². The molecule has 3 aromatic rings. The fourth-order valence-electron chi connectivity index (χ4n) is 4.65. The number of esters is 1. The molecule has 0 radical (unpaired) electrons. The first-order valence-corrected chi connectivity index (χ1v) is 20.0. The second kappa shape index (κ2) is 23.8. The molecule has 5 rings (SSSR count). The van der Waals surface area contributed by atoms with Crippen LogP contribution in [-0.2, 0) is 24.4 Å². The highest BCUT2D eigenvalue weighted by Gasteiger charge is 2.25. The summed E-state index contributed by atoms with van der Waals surface area (Å²) in [7, 11) is -3.33. The lowest BCUT2D eigenvalue weighted by Crippen LogP contribution is -2.30. The van der Waals surface area contributed by atoms with Crippen LogP contribution in [0.4, 0.5) is 0 Å². The van der Waals surface area contributed by atoms with E-state index < -0.39 is 10.0 Å². The number of benzene rings is 3. The predicted molar refractivity (Wildman–Crippen MR) is 226 cm³/mol. The Morgan fingerprint density at radius 1 is 0.774 bits per heavy atom. The summed E-state index contributed by atoms with van der Waals surface area (Å²) in [6.07, 6.45) is 4.89. The lowest BCUT2D eigenvalue weighted by molar-refractivity contribution is -0.152. The molecule has 53 heavy (non-hydrogen) atoms. The average molecular weight is 751 g/mol. The van der Waals surface area contributed by atoms with Gasteiger partial charge in [-0.2, -0.15) is 0 Å². The minimum absolute atomic E-state index is 0. The third-order valence-electron chi connectivity index (χ3n) is 8.52. The first-order valence-electron chi connectivity index (χ1n) is 18.6. The molecule has 0 amide bonds. The largest absolute Gasteiger partial charge is 0.462 e. The van der Waals surface area contributed by atoms with Crippen molar-refractivity contribution in [3.05, 3.63) is 103 Å². The first-order chi connectivity index (χ1) is 24.3. The number of fused-ring (bicyclic) bond motifs is 3. The number of aryl methyl sites for hydroxylation is 1. The van der Waals surface area contributed by atoms with Gasteiger partial charge in [-0.25, -0.2) is 13.1 Å². The molecule has 0 spiro atoms. The first kappa shape index (κ1) is 49.2. The number of nitrogens with zero attached hydrogens (tertiary/aromatic N) is 1. The van der Waals surface area contributed by atoms with Crippen LogP contribution in [0.5, 0.6) is 0 Å². The quantitative estimate of drug-likeness (QED) is 0.115. The lowest BCUT2D eigenvalue weighted by atomic mass is 9.84. The van der Waals surface area contributed by atoms with Crippen LogP contribution in [0.1, 0.15) is 126 Å². The van der Waals surface area contributed by atoms with Gasteiger partial charge in [0.05, 0.1) is 10.8 Å². The summed E-state index contributed by atoms with van der Waals surface area (Å²) < 4.78 is 31.0. The molecule has 0 atom stereocenters. The van der Waals surface area contributed by atoms with Gasteiger partial charge in [0.2, 0.25) is 10.0 Å². The van der Waals surface area contributed by atoms with E-state index >= 15 is 0 Å². The highest BCUT2D eigenvalue weighted by molar-refractivity contribution is 7.89. The van der Waals surface area contributed by atoms with Crippen molar-refractivity contribution < 1.29 is 22.8 Å². The molecule has 296 valence electrons. The third kappa shape index (κ3) is 17.3. The number of nitrogens with one attached hydrogen (secondary N) is 1. The Morgan fingerprint density at radius 3 is 1.55 bits per heavy atom. The molecular weight excluding hydrogens is 681 g/mol. The number of hydrogen-bond donors (Lipinski definition) is 1. The van der Waals surface area contributed by atoms with Crippen molar-refractivity contribution in [3.8, 4) is 11.1 Å². The maximum atomic E-state index is 11.6. The Kier molecular flexibility index (Phi) is 22.1. The van der Waals surface area contributed by atoms with Gasteiger partial charge in [-0.1, -0.05) is 127 Å². The fourth-order valence-corrected chi connectivity index (χ4v) is 5.90. The van der Waals surface area contributed by atoms with Crippen molar-refractivity contribution in [1.82, 2.24) is 4.72 Å². The highest BCUT2D eigenvalue weighted by Crippen LogP contribution is 2.36. The van der Waals surface area contributed by atoms with Gasteiger partial charge < -0.3 is 9.57 Å². The average Bonchev–Trinajstić information content (AvgIpc) is 3.70. The molecule has 3 aromatic carbocycles. The van der Waals surface area contributed by atoms with Crippen molar-refractivity contribution in [3.63, 3.8) is 0 Å². The molecule has 0 heterocycles. The molecule has 1 N–H and O–H groups in total. The maximum absolute atomic E-state index is 11.6. The summed E-state index contributed by atoms with van der Waals surface area (Å²) in [4.78, 5) is 16.8. The van der Waals surface area contributed by atoms with Crippen LogP contribution in [0.15, 0.2) is 96.0 Å². The van der Waals surface area contributed by atoms with Crippen LogP contribution >= 0.6 is 0 Å². The van der Waals surface area contributed by atoms with Gasteiger partial charge in [-0.15, -0.1) is 13.2 Å². The number of carbonyl (C=O) groups excluding carboxylic acids is 1. The van der Waals surface area contributed by atoms with Crippen molar-refractivity contribution in [2.45, 2.75) is 139 Å². The van der Waals surface area contributed by atoms with E-state index in [0.29, 0.717) is 10.3 Å². The Bertz CT molecular complexity index is 1580. The maximum Gasteiger partial charge on any atom is 0.308 e. The van der Waals surface area contributed by atoms with Gasteiger partial charge in [0.25, 0.3) is 0 Å². The summed E-state index contributed by atoms with van der Waals surface area (Å²) in [5, 5.41) is 4.32. The molecule has 1 saturated carbocycles. The number of carbonyl (C=O) groups is 1. The zero-order chi connectivity index (χ0) is 39.6. The highest BCUT2D eigenvalue weighted by atomic mass is 32.2. The van der Waals surface area contributed by atoms with Gasteiger partial charge in [0, 0.05) is 17.2 Å². The molecule has 2 aliphatic carbocycles. The smallest absolute Gasteiger partial charge is 0.308 e. The Labute approximate surface area is 323 Å². The number of sulfonamides is 1. The van der Waals surface area contributed by atoms with Crippen molar-refractivity contribution in [2.75, 3.05) is 0 Å². The molecule has 8 heteroatoms. The molecule has 0 aromatic heterocycles. The zero-order valence-electron chi connectivity index (χ0n) is 34.0. The standard InChI is InChI=1S/C16H15NO.C10H15NO2S.C9H16O2.C7H16.C2H4.CH4/c1-11(2)18-17-16-14-9-5-3-7-12(14)13-8-4-6-10-15(13)16;1-8(2)11-14(12,13)10-6-4-9(3)5-7-10;1-7(2)9(10)11-8-5-3-4-6-8;1-6(2)7(3,4)5;1-2;/h3-11H,1-2H3;4-8,11H,1-3H3;7-8H,3-6H2,1-2H3;6H,1-5H3;1-2H2;1H4. The van der Waals surface area contributed by atoms with E-state index in [1.165, 1.54) is 24.0 Å². The van der Waals surface area contributed by atoms with E-state index in [0.717, 1.165) is 41.2 Å². The number of hydrogen-bond acceptors (Lipinski definition) is 6. The number of ether oxygens (including phenoxy) is 1. The number of rotatable bonds is 7. The molecule has 0 unspecified atom stereocenters. The SMILES string of the molecule is C.C=C.CC(C)C(=O)OC1CCCC1.CC(C)C(C)(C)C.CC(C)ON=C1c2ccccc2-c2ccccc21.Cc1ccc(S(=O)(=O)NC(C)C)cc1. The van der Waals surface area contributed by atoms with Crippen LogP contribution in [-0.4, -0.2) is 38.3 Å². The molecule has 0 saturated heterocycles. The van der Waals surface area contributed by atoms with E-state index in [9.17, 15) is 13.2 Å². The molecule has 0 bridgehead atoms. The second-order valence-corrected chi connectivity index (χ2v) is 17.0. The van der Waals surface area contributed by atoms with Crippen molar-refractivity contribution in [1.29, 1.82) is 0 Å². The summed E-state index contributed by atoms with van der Waals surface area (Å²) in [6, 6.07) is 23.4. The third-order valence-corrected chi connectivity index (χ3v) is 10.2. The van der Waals surface area contributed by atoms with E-state index in [2.05, 4.69) is 94.1 Å². The molecule has 2 aliphatic rings. The normalized spacial score (nSPS) is 13.1. The Hall–Kier alpha value is -3.75. The van der Waals surface area contributed by atoms with Crippen molar-refractivity contribution >= 4 is 21.7 Å². The summed E-state index contributed by atoms with van der Waals surface area (Å²) in [6.45, 7) is 30.5. The summed E-state index contributed by atoms with van der Waals surface area (Å²) in [5.41, 5.74) is 7.26. The second-order valence-electron chi connectivity index (χ2n) is 15.3. The predicted octanol–water partition coefficient (Wildman–Crippen LogP) is 11.8. The van der Waals surface area contributed by atoms with Crippen LogP contribution in [0.25, 0.3) is 11.1 Å². The van der Waals surface area contributed by atoms with Gasteiger partial charge in [-0.05, 0) is 94.9 Å². The molecule has 1 fully saturated rings. The van der Waals surface area contributed by atoms with Gasteiger partial charge in [0.1, 0.15) is 17.9 Å². The van der Waals surface area contributed by atoms with E-state index in [1.807, 2.05) is 46.8 Å². The molecular formula is C45H70N2O5S.